The van der Waals surface area contributed by atoms with Crippen LogP contribution in [0.1, 0.15) is 12.5 Å². The molecule has 0 fully saturated rings. The van der Waals surface area contributed by atoms with E-state index < -0.39 is 0 Å². The molecule has 0 spiro atoms. The van der Waals surface area contributed by atoms with Gasteiger partial charge in [0.25, 0.3) is 0 Å². The lowest BCUT2D eigenvalue weighted by Gasteiger charge is -2.08. The molecular weight excluding hydrogens is 286 g/mol. The Morgan fingerprint density at radius 3 is 1.91 bits per heavy atom. The number of aryl methyl sites for hydroxylation is 1. The number of aromatic nitrogens is 2. The van der Waals surface area contributed by atoms with E-state index in [-0.39, 0.29) is 5.95 Å². The van der Waals surface area contributed by atoms with Crippen molar-refractivity contribution in [2.45, 2.75) is 13.8 Å². The van der Waals surface area contributed by atoms with E-state index in [0.717, 1.165) is 28.3 Å². The summed E-state index contributed by atoms with van der Waals surface area (Å²) in [6.45, 7) is 4.67. The molecule has 2 N–H and O–H groups in total. The van der Waals surface area contributed by atoms with Crippen molar-refractivity contribution in [2.75, 3.05) is 12.3 Å². The van der Waals surface area contributed by atoms with Gasteiger partial charge in [0, 0.05) is 11.1 Å². The van der Waals surface area contributed by atoms with Crippen LogP contribution in [0.3, 0.4) is 0 Å². The second-order valence-corrected chi connectivity index (χ2v) is 5.32. The first kappa shape index (κ1) is 15.0. The highest BCUT2D eigenvalue weighted by atomic mass is 16.5. The summed E-state index contributed by atoms with van der Waals surface area (Å²) in [6.07, 6.45) is 0. The zero-order chi connectivity index (χ0) is 16.2. The fourth-order valence-corrected chi connectivity index (χ4v) is 2.37. The predicted octanol–water partition coefficient (Wildman–Crippen LogP) is 4.10. The molecular formula is C19H19N3O. The largest absolute Gasteiger partial charge is 0.494 e. The van der Waals surface area contributed by atoms with E-state index in [4.69, 9.17) is 10.5 Å². The van der Waals surface area contributed by atoms with Crippen LogP contribution in [0.25, 0.3) is 22.5 Å². The van der Waals surface area contributed by atoms with Gasteiger partial charge in [-0.3, -0.25) is 0 Å². The van der Waals surface area contributed by atoms with Gasteiger partial charge in [-0.1, -0.05) is 29.8 Å². The maximum absolute atomic E-state index is 5.89. The summed E-state index contributed by atoms with van der Waals surface area (Å²) in [5.41, 5.74) is 10.7. The predicted molar refractivity (Wildman–Crippen MR) is 93.2 cm³/mol. The van der Waals surface area contributed by atoms with Crippen LogP contribution in [0.2, 0.25) is 0 Å². The van der Waals surface area contributed by atoms with Crippen LogP contribution >= 0.6 is 0 Å². The van der Waals surface area contributed by atoms with Crippen molar-refractivity contribution in [1.29, 1.82) is 0 Å². The molecule has 23 heavy (non-hydrogen) atoms. The lowest BCUT2D eigenvalue weighted by Crippen LogP contribution is -1.99. The molecule has 1 heterocycles. The number of ether oxygens (including phenoxy) is 1. The number of benzene rings is 2. The maximum Gasteiger partial charge on any atom is 0.221 e. The standard InChI is InChI=1S/C19H19N3O/c1-3-23-16-10-8-15(9-11-16)18-12-17(21-19(20)22-18)14-6-4-13(2)5-7-14/h4-12H,3H2,1-2H3,(H2,20,21,22). The van der Waals surface area contributed by atoms with Crippen molar-refractivity contribution >= 4 is 5.95 Å². The molecule has 0 aliphatic rings. The first-order valence-electron chi connectivity index (χ1n) is 7.60. The first-order valence-corrected chi connectivity index (χ1v) is 7.60. The second-order valence-electron chi connectivity index (χ2n) is 5.32. The molecule has 3 rings (SSSR count). The molecule has 2 aromatic carbocycles. The number of rotatable bonds is 4. The van der Waals surface area contributed by atoms with Crippen molar-refractivity contribution in [3.63, 3.8) is 0 Å². The summed E-state index contributed by atoms with van der Waals surface area (Å²) in [5.74, 6) is 1.11. The molecule has 0 amide bonds. The van der Waals surface area contributed by atoms with Crippen LogP contribution in [0.4, 0.5) is 5.95 Å². The fourth-order valence-electron chi connectivity index (χ4n) is 2.37. The Balaban J connectivity index is 1.98. The Morgan fingerprint density at radius 1 is 0.870 bits per heavy atom. The Kier molecular flexibility index (Phi) is 4.24. The van der Waals surface area contributed by atoms with E-state index in [0.29, 0.717) is 6.61 Å². The molecule has 4 nitrogen and oxygen atoms in total. The van der Waals surface area contributed by atoms with Crippen molar-refractivity contribution in [2.24, 2.45) is 0 Å². The van der Waals surface area contributed by atoms with Gasteiger partial charge in [0.05, 0.1) is 18.0 Å². The molecule has 1 aromatic heterocycles. The van der Waals surface area contributed by atoms with E-state index in [2.05, 4.69) is 29.0 Å². The molecule has 3 aromatic rings. The van der Waals surface area contributed by atoms with E-state index in [1.165, 1.54) is 5.56 Å². The molecule has 0 atom stereocenters. The topological polar surface area (TPSA) is 61.0 Å². The Bertz CT molecular complexity index is 796. The zero-order valence-corrected chi connectivity index (χ0v) is 13.3. The highest BCUT2D eigenvalue weighted by Gasteiger charge is 2.07. The average Bonchev–Trinajstić information content (AvgIpc) is 2.56. The second kappa shape index (κ2) is 6.48. The smallest absolute Gasteiger partial charge is 0.221 e. The van der Waals surface area contributed by atoms with Crippen molar-refractivity contribution < 1.29 is 4.74 Å². The van der Waals surface area contributed by atoms with E-state index in [9.17, 15) is 0 Å². The van der Waals surface area contributed by atoms with Gasteiger partial charge in [0.1, 0.15) is 5.75 Å². The molecule has 116 valence electrons. The minimum absolute atomic E-state index is 0.270. The van der Waals surface area contributed by atoms with Gasteiger partial charge < -0.3 is 10.5 Å². The third kappa shape index (κ3) is 3.48. The minimum Gasteiger partial charge on any atom is -0.494 e. The number of nitrogens with zero attached hydrogens (tertiary/aromatic N) is 2. The van der Waals surface area contributed by atoms with Crippen LogP contribution in [-0.2, 0) is 0 Å². The molecule has 0 radical (unpaired) electrons. The molecule has 4 heteroatoms. The van der Waals surface area contributed by atoms with Crippen LogP contribution < -0.4 is 10.5 Å². The van der Waals surface area contributed by atoms with E-state index in [1.807, 2.05) is 49.4 Å². The van der Waals surface area contributed by atoms with Gasteiger partial charge in [0.15, 0.2) is 0 Å². The Hall–Kier alpha value is -2.88. The summed E-state index contributed by atoms with van der Waals surface area (Å²) >= 11 is 0. The lowest BCUT2D eigenvalue weighted by molar-refractivity contribution is 0.340. The number of anilines is 1. The molecule has 0 saturated heterocycles. The van der Waals surface area contributed by atoms with E-state index in [1.54, 1.807) is 0 Å². The first-order chi connectivity index (χ1) is 11.2. The Labute approximate surface area is 136 Å². The van der Waals surface area contributed by atoms with Crippen LogP contribution in [-0.4, -0.2) is 16.6 Å². The van der Waals surface area contributed by atoms with Crippen molar-refractivity contribution in [3.8, 4) is 28.3 Å². The highest BCUT2D eigenvalue weighted by Crippen LogP contribution is 2.26. The minimum atomic E-state index is 0.270. The molecule has 0 aliphatic carbocycles. The third-order valence-electron chi connectivity index (χ3n) is 3.55. The van der Waals surface area contributed by atoms with Gasteiger partial charge >= 0.3 is 0 Å². The van der Waals surface area contributed by atoms with E-state index >= 15 is 0 Å². The maximum atomic E-state index is 5.89. The number of nitrogen functional groups attached to an aromatic ring is 1. The molecule has 0 saturated carbocycles. The van der Waals surface area contributed by atoms with Gasteiger partial charge in [-0.05, 0) is 44.2 Å². The van der Waals surface area contributed by atoms with Crippen LogP contribution in [0.15, 0.2) is 54.6 Å². The van der Waals surface area contributed by atoms with Gasteiger partial charge in [-0.15, -0.1) is 0 Å². The SMILES string of the molecule is CCOc1ccc(-c2cc(-c3ccc(C)cc3)nc(N)n2)cc1. The lowest BCUT2D eigenvalue weighted by atomic mass is 10.1. The van der Waals surface area contributed by atoms with Crippen LogP contribution in [0, 0.1) is 6.92 Å². The summed E-state index contributed by atoms with van der Waals surface area (Å²) < 4.78 is 5.47. The summed E-state index contributed by atoms with van der Waals surface area (Å²) in [4.78, 5) is 8.70. The molecule has 0 unspecified atom stereocenters. The Morgan fingerprint density at radius 2 is 1.39 bits per heavy atom. The number of hydrogen-bond acceptors (Lipinski definition) is 4. The quantitative estimate of drug-likeness (QED) is 0.788. The van der Waals surface area contributed by atoms with Crippen molar-refractivity contribution in [1.82, 2.24) is 9.97 Å². The summed E-state index contributed by atoms with van der Waals surface area (Å²) in [6, 6.07) is 18.0. The molecule has 0 aliphatic heterocycles. The monoisotopic (exact) mass is 305 g/mol. The average molecular weight is 305 g/mol. The third-order valence-corrected chi connectivity index (χ3v) is 3.55. The zero-order valence-electron chi connectivity index (χ0n) is 13.3. The summed E-state index contributed by atoms with van der Waals surface area (Å²) in [7, 11) is 0. The summed E-state index contributed by atoms with van der Waals surface area (Å²) in [5, 5.41) is 0. The number of nitrogens with two attached hydrogens (primary N) is 1. The van der Waals surface area contributed by atoms with Gasteiger partial charge in [-0.2, -0.15) is 0 Å². The van der Waals surface area contributed by atoms with Crippen molar-refractivity contribution in [3.05, 3.63) is 60.2 Å². The van der Waals surface area contributed by atoms with Gasteiger partial charge in [0.2, 0.25) is 5.95 Å². The fraction of sp³-hybridized carbons (Fsp3) is 0.158. The number of hydrogen-bond donors (Lipinski definition) is 1. The molecule has 0 bridgehead atoms. The van der Waals surface area contributed by atoms with Crippen LogP contribution in [0.5, 0.6) is 5.75 Å². The normalized spacial score (nSPS) is 10.5. The highest BCUT2D eigenvalue weighted by molar-refractivity contribution is 5.69. The van der Waals surface area contributed by atoms with Gasteiger partial charge in [-0.25, -0.2) is 9.97 Å².